The van der Waals surface area contributed by atoms with Crippen LogP contribution in [0.4, 0.5) is 0 Å². The lowest BCUT2D eigenvalue weighted by atomic mass is 10.2. The SMILES string of the molecule is CCOC(=O)[C@H](Sc1nn(CCOc2ccc(C)cc2)c(=S)s1)C(C)=O. The molecule has 0 saturated carbocycles. The first-order valence-corrected chi connectivity index (χ1v) is 10.1. The van der Waals surface area contributed by atoms with Crippen LogP contribution >= 0.6 is 35.3 Å². The second-order valence-corrected chi connectivity index (χ2v) is 8.35. The van der Waals surface area contributed by atoms with Gasteiger partial charge in [-0.1, -0.05) is 40.8 Å². The van der Waals surface area contributed by atoms with Gasteiger partial charge in [-0.15, -0.1) is 0 Å². The van der Waals surface area contributed by atoms with E-state index in [0.717, 1.165) is 17.5 Å². The molecule has 1 atom stereocenters. The number of hydrogen-bond donors (Lipinski definition) is 0. The summed E-state index contributed by atoms with van der Waals surface area (Å²) in [4.78, 5) is 23.6. The summed E-state index contributed by atoms with van der Waals surface area (Å²) in [6, 6.07) is 7.78. The Balaban J connectivity index is 1.96. The van der Waals surface area contributed by atoms with Gasteiger partial charge in [-0.05, 0) is 45.1 Å². The quantitative estimate of drug-likeness (QED) is 0.269. The van der Waals surface area contributed by atoms with Gasteiger partial charge in [0.1, 0.15) is 12.4 Å². The highest BCUT2D eigenvalue weighted by Crippen LogP contribution is 2.28. The number of rotatable bonds is 9. The van der Waals surface area contributed by atoms with Crippen molar-refractivity contribution in [1.82, 2.24) is 9.78 Å². The molecule has 0 aliphatic heterocycles. The highest BCUT2D eigenvalue weighted by molar-refractivity contribution is 8.03. The van der Waals surface area contributed by atoms with Crippen LogP contribution in [0.3, 0.4) is 0 Å². The van der Waals surface area contributed by atoms with Crippen molar-refractivity contribution >= 4 is 47.1 Å². The predicted molar refractivity (Wildman–Crippen MR) is 105 cm³/mol. The number of esters is 1. The number of carbonyl (C=O) groups is 2. The van der Waals surface area contributed by atoms with Crippen molar-refractivity contribution < 1.29 is 19.1 Å². The molecule has 0 spiro atoms. The third kappa shape index (κ3) is 5.93. The molecule has 26 heavy (non-hydrogen) atoms. The predicted octanol–water partition coefficient (Wildman–Crippen LogP) is 3.67. The first-order valence-electron chi connectivity index (χ1n) is 8.02. The van der Waals surface area contributed by atoms with Gasteiger partial charge in [0.25, 0.3) is 0 Å². The van der Waals surface area contributed by atoms with Crippen molar-refractivity contribution in [2.45, 2.75) is 36.9 Å². The minimum atomic E-state index is -0.923. The van der Waals surface area contributed by atoms with E-state index in [-0.39, 0.29) is 12.4 Å². The maximum absolute atomic E-state index is 11.9. The number of Topliss-reactive ketones (excluding diaryl/α,β-unsaturated/α-hetero) is 1. The number of benzene rings is 1. The summed E-state index contributed by atoms with van der Waals surface area (Å²) in [7, 11) is 0. The van der Waals surface area contributed by atoms with E-state index in [1.807, 2.05) is 31.2 Å². The Morgan fingerprint density at radius 3 is 2.65 bits per heavy atom. The molecule has 2 aromatic rings. The van der Waals surface area contributed by atoms with Gasteiger partial charge in [-0.3, -0.25) is 9.59 Å². The second-order valence-electron chi connectivity index (χ2n) is 5.38. The van der Waals surface area contributed by atoms with Gasteiger partial charge in [0.05, 0.1) is 13.2 Å². The third-order valence-electron chi connectivity index (χ3n) is 3.27. The van der Waals surface area contributed by atoms with E-state index in [2.05, 4.69) is 5.10 Å². The fraction of sp³-hybridized carbons (Fsp3) is 0.412. The van der Waals surface area contributed by atoms with E-state index in [4.69, 9.17) is 21.7 Å². The molecule has 6 nitrogen and oxygen atoms in total. The lowest BCUT2D eigenvalue weighted by Crippen LogP contribution is -2.27. The number of nitrogens with zero attached hydrogens (tertiary/aromatic N) is 2. The van der Waals surface area contributed by atoms with Gasteiger partial charge in [-0.2, -0.15) is 5.10 Å². The molecular formula is C17H20N2O4S3. The summed E-state index contributed by atoms with van der Waals surface area (Å²) in [6.45, 7) is 6.20. The zero-order chi connectivity index (χ0) is 19.1. The summed E-state index contributed by atoms with van der Waals surface area (Å²) in [6.07, 6.45) is 0. The van der Waals surface area contributed by atoms with Gasteiger partial charge in [0.2, 0.25) is 0 Å². The molecule has 2 rings (SSSR count). The topological polar surface area (TPSA) is 70.4 Å². The summed E-state index contributed by atoms with van der Waals surface area (Å²) in [5.74, 6) is -0.0462. The Labute approximate surface area is 165 Å². The molecule has 0 aliphatic rings. The van der Waals surface area contributed by atoms with Crippen molar-refractivity contribution in [2.75, 3.05) is 13.2 Å². The Bertz CT molecular complexity index is 814. The van der Waals surface area contributed by atoms with Crippen LogP contribution in [0, 0.1) is 10.9 Å². The van der Waals surface area contributed by atoms with Gasteiger partial charge in [-0.25, -0.2) is 4.68 Å². The smallest absolute Gasteiger partial charge is 0.327 e. The summed E-state index contributed by atoms with van der Waals surface area (Å²) >= 11 is 7.63. The number of carbonyl (C=O) groups excluding carboxylic acids is 2. The van der Waals surface area contributed by atoms with Crippen molar-refractivity contribution in [2.24, 2.45) is 0 Å². The van der Waals surface area contributed by atoms with Gasteiger partial charge >= 0.3 is 5.97 Å². The average Bonchev–Trinajstić information content (AvgIpc) is 2.94. The molecule has 0 aliphatic carbocycles. The monoisotopic (exact) mass is 412 g/mol. The van der Waals surface area contributed by atoms with Gasteiger partial charge in [0, 0.05) is 0 Å². The maximum Gasteiger partial charge on any atom is 0.327 e. The maximum atomic E-state index is 11.9. The molecule has 1 aromatic heterocycles. The van der Waals surface area contributed by atoms with Crippen LogP contribution in [0.15, 0.2) is 28.6 Å². The Morgan fingerprint density at radius 2 is 2.04 bits per heavy atom. The zero-order valence-electron chi connectivity index (χ0n) is 14.8. The number of hydrogen-bond acceptors (Lipinski definition) is 8. The van der Waals surface area contributed by atoms with Crippen molar-refractivity contribution in [3.05, 3.63) is 33.8 Å². The standard InChI is InChI=1S/C17H20N2O4S3/c1-4-22-15(21)14(12(3)20)25-16-18-19(17(24)26-16)9-10-23-13-7-5-11(2)6-8-13/h5-8,14H,4,9-10H2,1-3H3/t14-/m1/s1. The highest BCUT2D eigenvalue weighted by atomic mass is 32.2. The summed E-state index contributed by atoms with van der Waals surface area (Å²) in [5, 5.41) is 3.45. The number of thioether (sulfide) groups is 1. The highest BCUT2D eigenvalue weighted by Gasteiger charge is 2.27. The fourth-order valence-corrected chi connectivity index (χ4v) is 4.43. The van der Waals surface area contributed by atoms with Crippen molar-refractivity contribution in [1.29, 1.82) is 0 Å². The van der Waals surface area contributed by atoms with Crippen LogP contribution in [0.25, 0.3) is 0 Å². The van der Waals surface area contributed by atoms with E-state index in [1.165, 1.54) is 23.8 Å². The number of ketones is 1. The lowest BCUT2D eigenvalue weighted by Gasteiger charge is -2.10. The van der Waals surface area contributed by atoms with E-state index >= 15 is 0 Å². The molecule has 0 N–H and O–H groups in total. The summed E-state index contributed by atoms with van der Waals surface area (Å²) in [5.41, 5.74) is 1.17. The molecule has 9 heteroatoms. The first-order chi connectivity index (χ1) is 12.4. The minimum Gasteiger partial charge on any atom is -0.492 e. The molecule has 0 amide bonds. The molecule has 140 valence electrons. The molecule has 1 heterocycles. The molecule has 0 fully saturated rings. The molecule has 0 radical (unpaired) electrons. The zero-order valence-corrected chi connectivity index (χ0v) is 17.2. The summed E-state index contributed by atoms with van der Waals surface area (Å²) < 4.78 is 13.4. The van der Waals surface area contributed by atoms with E-state index in [9.17, 15) is 9.59 Å². The van der Waals surface area contributed by atoms with E-state index in [1.54, 1.807) is 11.6 Å². The third-order valence-corrected chi connectivity index (χ3v) is 5.95. The Kier molecular flexibility index (Phi) is 7.80. The Morgan fingerprint density at radius 1 is 1.35 bits per heavy atom. The minimum absolute atomic E-state index is 0.226. The van der Waals surface area contributed by atoms with Gasteiger partial charge in [0.15, 0.2) is 19.3 Å². The second kappa shape index (κ2) is 9.84. The van der Waals surface area contributed by atoms with Crippen molar-refractivity contribution in [3.8, 4) is 5.75 Å². The molecular weight excluding hydrogens is 392 g/mol. The largest absolute Gasteiger partial charge is 0.492 e. The van der Waals surface area contributed by atoms with Crippen LogP contribution in [0.2, 0.25) is 0 Å². The number of ether oxygens (including phenoxy) is 2. The van der Waals surface area contributed by atoms with Crippen LogP contribution in [0.1, 0.15) is 19.4 Å². The lowest BCUT2D eigenvalue weighted by molar-refractivity contribution is -0.144. The molecule has 0 unspecified atom stereocenters. The molecule has 1 aromatic carbocycles. The molecule has 0 bridgehead atoms. The average molecular weight is 413 g/mol. The van der Waals surface area contributed by atoms with Crippen molar-refractivity contribution in [3.63, 3.8) is 0 Å². The number of aryl methyl sites for hydroxylation is 1. The van der Waals surface area contributed by atoms with Crippen LogP contribution < -0.4 is 4.74 Å². The molecule has 0 saturated heterocycles. The van der Waals surface area contributed by atoms with E-state index < -0.39 is 11.2 Å². The number of aromatic nitrogens is 2. The van der Waals surface area contributed by atoms with E-state index in [0.29, 0.717) is 21.4 Å². The van der Waals surface area contributed by atoms with Gasteiger partial charge < -0.3 is 9.47 Å². The Hall–Kier alpha value is -1.71. The van der Waals surface area contributed by atoms with Crippen LogP contribution in [0.5, 0.6) is 5.75 Å². The normalized spacial score (nSPS) is 11.8. The first kappa shape index (κ1) is 20.6. The van der Waals surface area contributed by atoms with Crippen LogP contribution in [-0.2, 0) is 20.9 Å². The van der Waals surface area contributed by atoms with Crippen LogP contribution in [-0.4, -0.2) is 40.0 Å². The fourth-order valence-electron chi connectivity index (χ4n) is 1.98.